The molecule has 0 fully saturated rings. The van der Waals surface area contributed by atoms with Crippen molar-refractivity contribution in [2.45, 2.75) is 0 Å². The van der Waals surface area contributed by atoms with Gasteiger partial charge in [0.25, 0.3) is 0 Å². The maximum absolute atomic E-state index is 9.21. The van der Waals surface area contributed by atoms with Gasteiger partial charge in [-0.2, -0.15) is 0 Å². The second-order valence-corrected chi connectivity index (χ2v) is 3.38. The maximum Gasteiger partial charge on any atom is 0.115 e. The summed E-state index contributed by atoms with van der Waals surface area (Å²) in [6.07, 6.45) is 1.39. The number of benzene rings is 2. The van der Waals surface area contributed by atoms with E-state index >= 15 is 0 Å². The van der Waals surface area contributed by atoms with Crippen LogP contribution < -0.4 is 0 Å². The molecular formula is C13H11NO2. The van der Waals surface area contributed by atoms with Crippen LogP contribution in [0.3, 0.4) is 0 Å². The predicted molar refractivity (Wildman–Crippen MR) is 62.9 cm³/mol. The first kappa shape index (κ1) is 10.2. The third-order valence-corrected chi connectivity index (χ3v) is 2.34. The molecule has 2 aromatic rings. The van der Waals surface area contributed by atoms with Gasteiger partial charge in [-0.05, 0) is 23.3 Å². The van der Waals surface area contributed by atoms with Crippen molar-refractivity contribution in [3.05, 3.63) is 54.1 Å². The summed E-state index contributed by atoms with van der Waals surface area (Å²) in [5, 5.41) is 20.8. The maximum atomic E-state index is 9.21. The Kier molecular flexibility index (Phi) is 2.87. The molecule has 0 saturated carbocycles. The lowest BCUT2D eigenvalue weighted by molar-refractivity contribution is 0.322. The largest absolute Gasteiger partial charge is 0.508 e. The smallest absolute Gasteiger partial charge is 0.115 e. The summed E-state index contributed by atoms with van der Waals surface area (Å²) in [4.78, 5) is 0. The second kappa shape index (κ2) is 4.49. The Morgan fingerprint density at radius 1 is 0.938 bits per heavy atom. The molecule has 0 aliphatic carbocycles. The number of phenolic OH excluding ortho intramolecular Hbond substituents is 1. The minimum absolute atomic E-state index is 0.233. The van der Waals surface area contributed by atoms with E-state index in [0.717, 1.165) is 16.7 Å². The Bertz CT molecular complexity index is 504. The van der Waals surface area contributed by atoms with Crippen LogP contribution in [0, 0.1) is 0 Å². The lowest BCUT2D eigenvalue weighted by atomic mass is 10.0. The van der Waals surface area contributed by atoms with Crippen molar-refractivity contribution >= 4 is 6.21 Å². The lowest BCUT2D eigenvalue weighted by Crippen LogP contribution is -1.87. The molecule has 0 heterocycles. The van der Waals surface area contributed by atoms with Crippen molar-refractivity contribution in [1.82, 2.24) is 0 Å². The van der Waals surface area contributed by atoms with E-state index in [-0.39, 0.29) is 5.75 Å². The van der Waals surface area contributed by atoms with E-state index in [1.807, 2.05) is 36.4 Å². The first-order valence-corrected chi connectivity index (χ1v) is 4.87. The van der Waals surface area contributed by atoms with Gasteiger partial charge in [0.1, 0.15) is 5.75 Å². The average molecular weight is 213 g/mol. The number of rotatable bonds is 2. The number of hydrogen-bond donors (Lipinski definition) is 2. The van der Waals surface area contributed by atoms with Gasteiger partial charge in [0.15, 0.2) is 0 Å². The Labute approximate surface area is 93.3 Å². The Hall–Kier alpha value is -2.29. The second-order valence-electron chi connectivity index (χ2n) is 3.38. The molecule has 0 radical (unpaired) electrons. The quantitative estimate of drug-likeness (QED) is 0.458. The molecule has 2 N–H and O–H groups in total. The molecule has 2 aromatic carbocycles. The summed E-state index contributed by atoms with van der Waals surface area (Å²) in [7, 11) is 0. The molecule has 0 bridgehead atoms. The fraction of sp³-hybridized carbons (Fsp3) is 0. The highest BCUT2D eigenvalue weighted by Crippen LogP contribution is 2.24. The number of nitrogens with zero attached hydrogens (tertiary/aromatic N) is 1. The van der Waals surface area contributed by atoms with E-state index < -0.39 is 0 Å². The first-order chi connectivity index (χ1) is 7.81. The highest BCUT2D eigenvalue weighted by atomic mass is 16.4. The lowest BCUT2D eigenvalue weighted by Gasteiger charge is -2.05. The Balaban J connectivity index is 2.51. The van der Waals surface area contributed by atoms with Crippen LogP contribution in [0.15, 0.2) is 53.7 Å². The Morgan fingerprint density at radius 3 is 2.31 bits per heavy atom. The molecule has 0 aliphatic heterocycles. The normalized spacial score (nSPS) is 10.8. The van der Waals surface area contributed by atoms with Crippen LogP contribution in [0.25, 0.3) is 11.1 Å². The summed E-state index contributed by atoms with van der Waals surface area (Å²) in [6, 6.07) is 14.5. The molecule has 3 nitrogen and oxygen atoms in total. The van der Waals surface area contributed by atoms with Crippen molar-refractivity contribution < 1.29 is 10.3 Å². The van der Waals surface area contributed by atoms with Gasteiger partial charge < -0.3 is 10.3 Å². The van der Waals surface area contributed by atoms with Crippen molar-refractivity contribution in [3.63, 3.8) is 0 Å². The van der Waals surface area contributed by atoms with Crippen LogP contribution in [0.5, 0.6) is 5.75 Å². The van der Waals surface area contributed by atoms with Gasteiger partial charge in [-0.25, -0.2) is 0 Å². The highest BCUT2D eigenvalue weighted by molar-refractivity contribution is 5.90. The zero-order valence-corrected chi connectivity index (χ0v) is 8.54. The van der Waals surface area contributed by atoms with Crippen molar-refractivity contribution in [2.24, 2.45) is 5.16 Å². The van der Waals surface area contributed by atoms with E-state index in [1.54, 1.807) is 12.1 Å². The molecule has 0 aromatic heterocycles. The number of phenols is 1. The molecule has 0 atom stereocenters. The summed E-state index contributed by atoms with van der Waals surface area (Å²) in [6.45, 7) is 0. The van der Waals surface area contributed by atoms with Crippen molar-refractivity contribution in [1.29, 1.82) is 0 Å². The molecule has 16 heavy (non-hydrogen) atoms. The van der Waals surface area contributed by atoms with E-state index in [9.17, 15) is 5.11 Å². The fourth-order valence-corrected chi connectivity index (χ4v) is 1.58. The third kappa shape index (κ3) is 2.03. The van der Waals surface area contributed by atoms with Crippen LogP contribution in [0.4, 0.5) is 0 Å². The average Bonchev–Trinajstić information content (AvgIpc) is 2.32. The predicted octanol–water partition coefficient (Wildman–Crippen LogP) is 2.87. The summed E-state index contributed by atoms with van der Waals surface area (Å²) < 4.78 is 0. The summed E-state index contributed by atoms with van der Waals surface area (Å²) >= 11 is 0. The molecule has 0 aliphatic rings. The number of hydrogen-bond acceptors (Lipinski definition) is 3. The molecule has 0 amide bonds. The third-order valence-electron chi connectivity index (χ3n) is 2.34. The highest BCUT2D eigenvalue weighted by Gasteiger charge is 2.02. The van der Waals surface area contributed by atoms with E-state index in [1.165, 1.54) is 6.21 Å². The van der Waals surface area contributed by atoms with E-state index in [4.69, 9.17) is 5.21 Å². The standard InChI is InChI=1S/C13H11NO2/c15-12-7-5-10(6-8-12)13-4-2-1-3-11(13)9-14-16/h1-9,15-16H/b14-9-. The monoisotopic (exact) mass is 213 g/mol. The molecule has 0 unspecified atom stereocenters. The minimum Gasteiger partial charge on any atom is -0.508 e. The van der Waals surface area contributed by atoms with Crippen LogP contribution in [0.1, 0.15) is 5.56 Å². The zero-order valence-electron chi connectivity index (χ0n) is 8.54. The van der Waals surface area contributed by atoms with Gasteiger partial charge >= 0.3 is 0 Å². The van der Waals surface area contributed by atoms with Gasteiger partial charge in [0.05, 0.1) is 6.21 Å². The molecule has 80 valence electrons. The van der Waals surface area contributed by atoms with Crippen molar-refractivity contribution in [2.75, 3.05) is 0 Å². The number of oxime groups is 1. The minimum atomic E-state index is 0.233. The van der Waals surface area contributed by atoms with Gasteiger partial charge in [-0.1, -0.05) is 41.6 Å². The van der Waals surface area contributed by atoms with Gasteiger partial charge in [-0.3, -0.25) is 0 Å². The van der Waals surface area contributed by atoms with Gasteiger partial charge in [0, 0.05) is 5.56 Å². The van der Waals surface area contributed by atoms with Crippen LogP contribution in [-0.2, 0) is 0 Å². The topological polar surface area (TPSA) is 52.8 Å². The molecule has 0 spiro atoms. The number of aromatic hydroxyl groups is 1. The Morgan fingerprint density at radius 2 is 1.62 bits per heavy atom. The van der Waals surface area contributed by atoms with Crippen LogP contribution in [0.2, 0.25) is 0 Å². The van der Waals surface area contributed by atoms with E-state index in [0.29, 0.717) is 0 Å². The van der Waals surface area contributed by atoms with Crippen LogP contribution in [-0.4, -0.2) is 16.5 Å². The van der Waals surface area contributed by atoms with Gasteiger partial charge in [0.2, 0.25) is 0 Å². The molecule has 2 rings (SSSR count). The zero-order chi connectivity index (χ0) is 11.4. The first-order valence-electron chi connectivity index (χ1n) is 4.87. The molecule has 0 saturated heterocycles. The van der Waals surface area contributed by atoms with E-state index in [2.05, 4.69) is 5.16 Å². The SMILES string of the molecule is O/N=C\c1ccccc1-c1ccc(O)cc1. The summed E-state index contributed by atoms with van der Waals surface area (Å²) in [5.74, 6) is 0.233. The molecular weight excluding hydrogens is 202 g/mol. The fourth-order valence-electron chi connectivity index (χ4n) is 1.58. The summed E-state index contributed by atoms with van der Waals surface area (Å²) in [5.41, 5.74) is 2.75. The van der Waals surface area contributed by atoms with Crippen molar-refractivity contribution in [3.8, 4) is 16.9 Å². The van der Waals surface area contributed by atoms with Gasteiger partial charge in [-0.15, -0.1) is 0 Å². The molecule has 3 heteroatoms. The van der Waals surface area contributed by atoms with Crippen LogP contribution >= 0.6 is 0 Å².